The Labute approximate surface area is 110 Å². The third-order valence-electron chi connectivity index (χ3n) is 3.81. The first kappa shape index (κ1) is 13.5. The van der Waals surface area contributed by atoms with Crippen LogP contribution in [0.5, 0.6) is 0 Å². The molecule has 0 bridgehead atoms. The normalized spacial score (nSPS) is 20.5. The Balaban J connectivity index is 1.98. The molecule has 5 nitrogen and oxygen atoms in total. The minimum atomic E-state index is 0.264. The van der Waals surface area contributed by atoms with Gasteiger partial charge in [0, 0.05) is 52.0 Å². The first-order chi connectivity index (χ1) is 8.61. The molecule has 0 saturated carbocycles. The SMILES string of the molecule is CC(C)N1CCN(C(CN)c2cn(C)cn2)CC1. The molecule has 1 aliphatic heterocycles. The van der Waals surface area contributed by atoms with Gasteiger partial charge in [-0.3, -0.25) is 9.80 Å². The van der Waals surface area contributed by atoms with E-state index in [9.17, 15) is 0 Å². The number of rotatable bonds is 4. The maximum atomic E-state index is 5.93. The topological polar surface area (TPSA) is 50.3 Å². The fraction of sp³-hybridized carbons (Fsp3) is 0.769. The fourth-order valence-electron chi connectivity index (χ4n) is 2.63. The molecule has 1 saturated heterocycles. The van der Waals surface area contributed by atoms with Gasteiger partial charge in [-0.15, -0.1) is 0 Å². The van der Waals surface area contributed by atoms with Crippen LogP contribution < -0.4 is 5.73 Å². The summed E-state index contributed by atoms with van der Waals surface area (Å²) in [5.74, 6) is 0. The summed E-state index contributed by atoms with van der Waals surface area (Å²) in [6.45, 7) is 9.57. The van der Waals surface area contributed by atoms with Gasteiger partial charge in [-0.25, -0.2) is 4.98 Å². The zero-order valence-corrected chi connectivity index (χ0v) is 11.7. The molecule has 0 spiro atoms. The van der Waals surface area contributed by atoms with E-state index in [1.807, 2.05) is 17.9 Å². The van der Waals surface area contributed by atoms with E-state index in [1.165, 1.54) is 0 Å². The lowest BCUT2D eigenvalue weighted by Gasteiger charge is -2.40. The monoisotopic (exact) mass is 251 g/mol. The third-order valence-corrected chi connectivity index (χ3v) is 3.81. The molecule has 2 N–H and O–H groups in total. The predicted molar refractivity (Wildman–Crippen MR) is 73.3 cm³/mol. The zero-order valence-electron chi connectivity index (χ0n) is 11.7. The van der Waals surface area contributed by atoms with Gasteiger partial charge < -0.3 is 10.3 Å². The molecule has 5 heteroatoms. The van der Waals surface area contributed by atoms with Crippen LogP contribution in [0.1, 0.15) is 25.6 Å². The summed E-state index contributed by atoms with van der Waals surface area (Å²) in [6, 6.07) is 0.902. The quantitative estimate of drug-likeness (QED) is 0.844. The molecule has 0 amide bonds. The highest BCUT2D eigenvalue weighted by Crippen LogP contribution is 2.20. The Morgan fingerprint density at radius 1 is 1.22 bits per heavy atom. The number of aryl methyl sites for hydroxylation is 1. The van der Waals surface area contributed by atoms with Gasteiger partial charge in [0.1, 0.15) is 0 Å². The van der Waals surface area contributed by atoms with E-state index in [0.717, 1.165) is 31.9 Å². The summed E-state index contributed by atoms with van der Waals surface area (Å²) in [7, 11) is 2.00. The van der Waals surface area contributed by atoms with E-state index in [1.54, 1.807) is 0 Å². The smallest absolute Gasteiger partial charge is 0.0947 e. The first-order valence-corrected chi connectivity index (χ1v) is 6.78. The van der Waals surface area contributed by atoms with Crippen molar-refractivity contribution in [1.29, 1.82) is 0 Å². The highest BCUT2D eigenvalue weighted by molar-refractivity contribution is 5.05. The lowest BCUT2D eigenvalue weighted by molar-refractivity contribution is 0.0790. The van der Waals surface area contributed by atoms with E-state index < -0.39 is 0 Å². The molecule has 18 heavy (non-hydrogen) atoms. The number of hydrogen-bond donors (Lipinski definition) is 1. The van der Waals surface area contributed by atoms with Gasteiger partial charge in [-0.05, 0) is 13.8 Å². The second-order valence-corrected chi connectivity index (χ2v) is 5.38. The maximum absolute atomic E-state index is 5.93. The lowest BCUT2D eigenvalue weighted by atomic mass is 10.1. The second kappa shape index (κ2) is 5.82. The summed E-state index contributed by atoms with van der Waals surface area (Å²) < 4.78 is 1.99. The summed E-state index contributed by atoms with van der Waals surface area (Å²) in [6.07, 6.45) is 3.93. The third kappa shape index (κ3) is 2.91. The number of imidazole rings is 1. The average Bonchev–Trinajstić information content (AvgIpc) is 2.77. The van der Waals surface area contributed by atoms with Crippen LogP contribution in [0.25, 0.3) is 0 Å². The Morgan fingerprint density at radius 3 is 2.28 bits per heavy atom. The van der Waals surface area contributed by atoms with Crippen molar-refractivity contribution in [3.63, 3.8) is 0 Å². The van der Waals surface area contributed by atoms with Gasteiger partial charge in [-0.1, -0.05) is 0 Å². The van der Waals surface area contributed by atoms with E-state index in [0.29, 0.717) is 12.6 Å². The fourth-order valence-corrected chi connectivity index (χ4v) is 2.63. The van der Waals surface area contributed by atoms with Gasteiger partial charge in [0.15, 0.2) is 0 Å². The maximum Gasteiger partial charge on any atom is 0.0947 e. The van der Waals surface area contributed by atoms with E-state index in [4.69, 9.17) is 5.73 Å². The Hall–Kier alpha value is -0.910. The molecule has 1 aliphatic rings. The number of nitrogens with two attached hydrogens (primary N) is 1. The van der Waals surface area contributed by atoms with Gasteiger partial charge in [-0.2, -0.15) is 0 Å². The van der Waals surface area contributed by atoms with Gasteiger partial charge in [0.05, 0.1) is 18.1 Å². The Morgan fingerprint density at radius 2 is 1.83 bits per heavy atom. The molecule has 1 aromatic rings. The Bertz CT molecular complexity index is 365. The van der Waals surface area contributed by atoms with E-state index in [2.05, 4.69) is 34.8 Å². The second-order valence-electron chi connectivity index (χ2n) is 5.38. The Kier molecular flexibility index (Phi) is 4.37. The molecule has 2 heterocycles. The van der Waals surface area contributed by atoms with Crippen LogP contribution in [0.15, 0.2) is 12.5 Å². The van der Waals surface area contributed by atoms with Crippen LogP contribution in [0.3, 0.4) is 0 Å². The molecule has 1 aromatic heterocycles. The summed E-state index contributed by atoms with van der Waals surface area (Å²) in [5.41, 5.74) is 7.03. The molecule has 0 radical (unpaired) electrons. The zero-order chi connectivity index (χ0) is 13.1. The number of hydrogen-bond acceptors (Lipinski definition) is 4. The number of piperazine rings is 1. The minimum Gasteiger partial charge on any atom is -0.340 e. The molecule has 1 atom stereocenters. The molecular formula is C13H25N5. The average molecular weight is 251 g/mol. The van der Waals surface area contributed by atoms with Crippen LogP contribution in [0.4, 0.5) is 0 Å². The predicted octanol–water partition coefficient (Wildman–Crippen LogP) is 0.446. The largest absolute Gasteiger partial charge is 0.340 e. The first-order valence-electron chi connectivity index (χ1n) is 6.78. The number of nitrogens with zero attached hydrogens (tertiary/aromatic N) is 4. The van der Waals surface area contributed by atoms with Crippen LogP contribution in [0.2, 0.25) is 0 Å². The van der Waals surface area contributed by atoms with Crippen LogP contribution in [-0.4, -0.2) is 58.1 Å². The van der Waals surface area contributed by atoms with Gasteiger partial charge in [0.2, 0.25) is 0 Å². The van der Waals surface area contributed by atoms with Crippen molar-refractivity contribution in [3.05, 3.63) is 18.2 Å². The van der Waals surface area contributed by atoms with Crippen molar-refractivity contribution in [2.24, 2.45) is 12.8 Å². The molecule has 1 unspecified atom stereocenters. The summed E-state index contributed by atoms with van der Waals surface area (Å²) >= 11 is 0. The molecule has 102 valence electrons. The number of aromatic nitrogens is 2. The standard InChI is InChI=1S/C13H25N5/c1-11(2)17-4-6-18(7-5-17)13(8-14)12-9-16(3)10-15-12/h9-11,13H,4-8,14H2,1-3H3. The van der Waals surface area contributed by atoms with Gasteiger partial charge >= 0.3 is 0 Å². The van der Waals surface area contributed by atoms with Crippen molar-refractivity contribution in [2.75, 3.05) is 32.7 Å². The molecule has 2 rings (SSSR count). The molecule has 0 aromatic carbocycles. The van der Waals surface area contributed by atoms with Crippen molar-refractivity contribution < 1.29 is 0 Å². The lowest BCUT2D eigenvalue weighted by Crippen LogP contribution is -2.50. The van der Waals surface area contributed by atoms with Gasteiger partial charge in [0.25, 0.3) is 0 Å². The van der Waals surface area contributed by atoms with Crippen molar-refractivity contribution >= 4 is 0 Å². The summed E-state index contributed by atoms with van der Waals surface area (Å²) in [5, 5.41) is 0. The summed E-state index contributed by atoms with van der Waals surface area (Å²) in [4.78, 5) is 9.42. The highest BCUT2D eigenvalue weighted by Gasteiger charge is 2.26. The van der Waals surface area contributed by atoms with Crippen LogP contribution >= 0.6 is 0 Å². The molecular weight excluding hydrogens is 226 g/mol. The van der Waals surface area contributed by atoms with Crippen LogP contribution in [0, 0.1) is 0 Å². The minimum absolute atomic E-state index is 0.264. The van der Waals surface area contributed by atoms with E-state index >= 15 is 0 Å². The van der Waals surface area contributed by atoms with E-state index in [-0.39, 0.29) is 6.04 Å². The highest BCUT2D eigenvalue weighted by atomic mass is 15.3. The van der Waals surface area contributed by atoms with Crippen molar-refractivity contribution in [1.82, 2.24) is 19.4 Å². The van der Waals surface area contributed by atoms with Crippen molar-refractivity contribution in [2.45, 2.75) is 25.9 Å². The molecule has 0 aliphatic carbocycles. The van der Waals surface area contributed by atoms with Crippen molar-refractivity contribution in [3.8, 4) is 0 Å². The van der Waals surface area contributed by atoms with Crippen LogP contribution in [-0.2, 0) is 7.05 Å². The molecule has 1 fully saturated rings.